The van der Waals surface area contributed by atoms with Gasteiger partial charge in [-0.15, -0.1) is 0 Å². The largest absolute Gasteiger partial charge is 0.378 e. The number of hydrogen-bond acceptors (Lipinski definition) is 3. The molecule has 4 saturated carbocycles. The maximum atomic E-state index is 11.5. The highest BCUT2D eigenvalue weighted by atomic mass is 16.7. The van der Waals surface area contributed by atoms with Gasteiger partial charge >= 0.3 is 0 Å². The molecule has 1 aromatic rings. The van der Waals surface area contributed by atoms with E-state index in [1.807, 2.05) is 30.3 Å². The molecular formula is C31H42O3. The van der Waals surface area contributed by atoms with Gasteiger partial charge in [-0.2, -0.15) is 0 Å². The lowest BCUT2D eigenvalue weighted by Gasteiger charge is -2.62. The average Bonchev–Trinajstić information content (AvgIpc) is 3.43. The third kappa shape index (κ3) is 3.51. The molecule has 3 nitrogen and oxygen atoms in total. The quantitative estimate of drug-likeness (QED) is 0.506. The van der Waals surface area contributed by atoms with Crippen molar-refractivity contribution in [2.75, 3.05) is 13.2 Å². The lowest BCUT2D eigenvalue weighted by Crippen LogP contribution is -2.57. The van der Waals surface area contributed by atoms with Crippen molar-refractivity contribution < 1.29 is 14.6 Å². The fourth-order valence-electron chi connectivity index (χ4n) is 9.66. The Morgan fingerprint density at radius 3 is 2.32 bits per heavy atom. The van der Waals surface area contributed by atoms with Crippen LogP contribution in [0.25, 0.3) is 0 Å². The normalized spacial score (nSPS) is 47.1. The smallest absolute Gasteiger partial charge is 0.169 e. The van der Waals surface area contributed by atoms with E-state index in [2.05, 4.69) is 32.6 Å². The molecule has 6 rings (SSSR count). The van der Waals surface area contributed by atoms with Gasteiger partial charge in [0.1, 0.15) is 5.60 Å². The zero-order valence-corrected chi connectivity index (χ0v) is 21.3. The van der Waals surface area contributed by atoms with E-state index < -0.39 is 5.60 Å². The van der Waals surface area contributed by atoms with Gasteiger partial charge in [-0.25, -0.2) is 0 Å². The van der Waals surface area contributed by atoms with Crippen LogP contribution in [-0.4, -0.2) is 29.7 Å². The summed E-state index contributed by atoms with van der Waals surface area (Å²) in [5.74, 6) is 9.68. The second kappa shape index (κ2) is 8.09. The molecule has 0 radical (unpaired) electrons. The molecule has 0 unspecified atom stereocenters. The molecular weight excluding hydrogens is 420 g/mol. The van der Waals surface area contributed by atoms with Crippen LogP contribution in [0.1, 0.15) is 84.1 Å². The van der Waals surface area contributed by atoms with Gasteiger partial charge in [-0.05, 0) is 111 Å². The molecule has 5 aliphatic rings. The van der Waals surface area contributed by atoms with Crippen molar-refractivity contribution in [2.45, 2.75) is 89.9 Å². The maximum Gasteiger partial charge on any atom is 0.169 e. The van der Waals surface area contributed by atoms with E-state index in [1.54, 1.807) is 0 Å². The van der Waals surface area contributed by atoms with E-state index in [0.717, 1.165) is 55.8 Å². The summed E-state index contributed by atoms with van der Waals surface area (Å²) in [6.45, 7) is 8.83. The summed E-state index contributed by atoms with van der Waals surface area (Å²) in [6, 6.07) is 10.1. The van der Waals surface area contributed by atoms with Crippen molar-refractivity contribution >= 4 is 0 Å². The monoisotopic (exact) mass is 462 g/mol. The molecule has 3 heteroatoms. The summed E-state index contributed by atoms with van der Waals surface area (Å²) >= 11 is 0. The second-order valence-electron chi connectivity index (χ2n) is 12.9. The zero-order chi connectivity index (χ0) is 23.6. The van der Waals surface area contributed by atoms with Crippen LogP contribution in [0.4, 0.5) is 0 Å². The highest BCUT2D eigenvalue weighted by Crippen LogP contribution is 2.69. The van der Waals surface area contributed by atoms with Crippen molar-refractivity contribution in [1.29, 1.82) is 0 Å². The molecule has 184 valence electrons. The first-order chi connectivity index (χ1) is 16.3. The van der Waals surface area contributed by atoms with Crippen molar-refractivity contribution in [2.24, 2.45) is 40.4 Å². The first-order valence-corrected chi connectivity index (χ1v) is 13.8. The number of hydrogen-bond donors (Lipinski definition) is 1. The highest BCUT2D eigenvalue weighted by Gasteiger charge is 2.64. The van der Waals surface area contributed by atoms with Gasteiger partial charge < -0.3 is 14.6 Å². The summed E-state index contributed by atoms with van der Waals surface area (Å²) < 4.78 is 12.4. The van der Waals surface area contributed by atoms with Crippen LogP contribution in [0.15, 0.2) is 30.3 Å². The zero-order valence-electron chi connectivity index (χ0n) is 21.3. The summed E-state index contributed by atoms with van der Waals surface area (Å²) in [5.41, 5.74) is 0.840. The predicted molar refractivity (Wildman–Crippen MR) is 134 cm³/mol. The van der Waals surface area contributed by atoms with Crippen LogP contribution in [-0.2, 0) is 9.47 Å². The topological polar surface area (TPSA) is 38.7 Å². The van der Waals surface area contributed by atoms with E-state index in [4.69, 9.17) is 9.47 Å². The summed E-state index contributed by atoms with van der Waals surface area (Å²) in [6.07, 6.45) is 10.5. The van der Waals surface area contributed by atoms with Crippen LogP contribution < -0.4 is 0 Å². The van der Waals surface area contributed by atoms with Gasteiger partial charge in [0, 0.05) is 11.5 Å². The second-order valence-corrected chi connectivity index (χ2v) is 12.9. The van der Waals surface area contributed by atoms with Crippen LogP contribution in [0.3, 0.4) is 0 Å². The first kappa shape index (κ1) is 23.1. The predicted octanol–water partition coefficient (Wildman–Crippen LogP) is 6.19. The Labute approximate surface area is 206 Å². The van der Waals surface area contributed by atoms with Crippen LogP contribution in [0.5, 0.6) is 0 Å². The van der Waals surface area contributed by atoms with E-state index in [-0.39, 0.29) is 5.79 Å². The molecule has 34 heavy (non-hydrogen) atoms. The molecule has 0 bridgehead atoms. The fourth-order valence-corrected chi connectivity index (χ4v) is 9.66. The number of aliphatic hydroxyl groups is 1. The molecule has 1 N–H and O–H groups in total. The molecule has 0 spiro atoms. The van der Waals surface area contributed by atoms with Gasteiger partial charge in [-0.1, -0.05) is 43.9 Å². The van der Waals surface area contributed by atoms with Crippen LogP contribution in [0.2, 0.25) is 0 Å². The Morgan fingerprint density at radius 2 is 1.56 bits per heavy atom. The third-order valence-corrected chi connectivity index (χ3v) is 11.4. The fraction of sp³-hybridized carbons (Fsp3) is 0.742. The SMILES string of the molecule is CC1([C@H]2CC[C@H]3[C@@H]4CC[C@@H]5C[C@@](O)(C#Cc6ccccc6)CC[C@]5(C)[C@H]4CC[C@]23C)OCCO1. The van der Waals surface area contributed by atoms with Gasteiger partial charge in [0.25, 0.3) is 0 Å². The Morgan fingerprint density at radius 1 is 0.824 bits per heavy atom. The van der Waals surface area contributed by atoms with Crippen molar-refractivity contribution in [3.05, 3.63) is 35.9 Å². The number of fused-ring (bicyclic) bond motifs is 5. The standard InChI is InChI=1S/C31H42O3/c1-28-17-18-31(32,16-13-22-7-5-4-6-8-22)21-23(28)9-10-24-25-11-12-27(30(3)33-19-20-34-30)29(25,2)15-14-26(24)28/h4-8,23-27,32H,9-12,14-15,17-21H2,1-3H3/t23-,24+,25+,26+,27+,28+,29+,31-/m1/s1. The summed E-state index contributed by atoms with van der Waals surface area (Å²) in [5, 5.41) is 11.5. The van der Waals surface area contributed by atoms with Crippen molar-refractivity contribution in [1.82, 2.24) is 0 Å². The number of benzene rings is 1. The van der Waals surface area contributed by atoms with Crippen LogP contribution >= 0.6 is 0 Å². The maximum absolute atomic E-state index is 11.5. The minimum absolute atomic E-state index is 0.333. The molecule has 1 heterocycles. The molecule has 0 amide bonds. The van der Waals surface area contributed by atoms with E-state index >= 15 is 0 Å². The minimum atomic E-state index is -0.833. The molecule has 1 aromatic carbocycles. The Bertz CT molecular complexity index is 971. The lowest BCUT2D eigenvalue weighted by molar-refractivity contribution is -0.219. The van der Waals surface area contributed by atoms with Crippen molar-refractivity contribution in [3.63, 3.8) is 0 Å². The molecule has 4 aliphatic carbocycles. The molecule has 1 aliphatic heterocycles. The minimum Gasteiger partial charge on any atom is -0.378 e. The summed E-state index contributed by atoms with van der Waals surface area (Å²) in [7, 11) is 0. The molecule has 5 fully saturated rings. The summed E-state index contributed by atoms with van der Waals surface area (Å²) in [4.78, 5) is 0. The lowest BCUT2D eigenvalue weighted by atomic mass is 9.43. The Balaban J connectivity index is 1.20. The van der Waals surface area contributed by atoms with Crippen molar-refractivity contribution in [3.8, 4) is 11.8 Å². The Hall–Kier alpha value is -1.34. The van der Waals surface area contributed by atoms with Gasteiger partial charge in [0.15, 0.2) is 5.79 Å². The molecule has 0 aromatic heterocycles. The van der Waals surface area contributed by atoms with E-state index in [1.165, 1.54) is 38.5 Å². The Kier molecular flexibility index (Phi) is 5.49. The highest BCUT2D eigenvalue weighted by molar-refractivity contribution is 5.36. The van der Waals surface area contributed by atoms with Gasteiger partial charge in [0.2, 0.25) is 0 Å². The number of ether oxygens (including phenoxy) is 2. The third-order valence-electron chi connectivity index (χ3n) is 11.4. The molecule has 8 atom stereocenters. The number of rotatable bonds is 1. The van der Waals surface area contributed by atoms with E-state index in [0.29, 0.717) is 22.7 Å². The average molecular weight is 463 g/mol. The van der Waals surface area contributed by atoms with Gasteiger partial charge in [-0.3, -0.25) is 0 Å². The first-order valence-electron chi connectivity index (χ1n) is 13.8. The van der Waals surface area contributed by atoms with Gasteiger partial charge in [0.05, 0.1) is 13.2 Å². The van der Waals surface area contributed by atoms with Crippen LogP contribution in [0, 0.1) is 52.3 Å². The molecule has 1 saturated heterocycles. The van der Waals surface area contributed by atoms with E-state index in [9.17, 15) is 5.11 Å².